The molecule has 0 saturated carbocycles. The van der Waals surface area contributed by atoms with Gasteiger partial charge in [-0.25, -0.2) is 0 Å². The van der Waals surface area contributed by atoms with Crippen molar-refractivity contribution >= 4 is 17.6 Å². The van der Waals surface area contributed by atoms with Crippen molar-refractivity contribution in [3.8, 4) is 0 Å². The second kappa shape index (κ2) is 12.5. The van der Waals surface area contributed by atoms with E-state index in [4.69, 9.17) is 30.8 Å². The first kappa shape index (κ1) is 23.3. The highest BCUT2D eigenvalue weighted by Gasteiger charge is 2.34. The topological polar surface area (TPSA) is 64.1 Å². The Morgan fingerprint density at radius 3 is 2.83 bits per heavy atom. The second-order valence-electron chi connectivity index (χ2n) is 8.18. The number of guanidine groups is 1. The maximum absolute atomic E-state index is 6.28. The number of nitrogens with zero attached hydrogens (tertiary/aromatic N) is 1. The summed E-state index contributed by atoms with van der Waals surface area (Å²) in [6.07, 6.45) is 3.98. The molecular formula is C23H36ClN3O3. The van der Waals surface area contributed by atoms with Crippen LogP contribution in [0.4, 0.5) is 0 Å². The van der Waals surface area contributed by atoms with Crippen LogP contribution in [0.3, 0.4) is 0 Å². The highest BCUT2D eigenvalue weighted by molar-refractivity contribution is 6.30. The Kier molecular flexibility index (Phi) is 9.72. The van der Waals surface area contributed by atoms with Gasteiger partial charge in [0.25, 0.3) is 0 Å². The molecule has 1 atom stereocenters. The predicted molar refractivity (Wildman–Crippen MR) is 122 cm³/mol. The maximum atomic E-state index is 6.28. The van der Waals surface area contributed by atoms with Crippen LogP contribution < -0.4 is 10.6 Å². The molecule has 0 amide bonds. The van der Waals surface area contributed by atoms with Crippen molar-refractivity contribution in [3.05, 3.63) is 34.9 Å². The number of rotatable bonds is 10. The van der Waals surface area contributed by atoms with Gasteiger partial charge in [-0.1, -0.05) is 23.7 Å². The molecule has 1 aromatic carbocycles. The van der Waals surface area contributed by atoms with Gasteiger partial charge in [0.15, 0.2) is 5.96 Å². The summed E-state index contributed by atoms with van der Waals surface area (Å²) < 4.78 is 16.8. The molecule has 0 aromatic heterocycles. The SMILES string of the molecule is CCNC(=NCC1(c2cccc(Cl)c2)CCOCC1)NCCCOCC1CCOC1. The third kappa shape index (κ3) is 7.12. The van der Waals surface area contributed by atoms with Crippen LogP contribution in [0.2, 0.25) is 5.02 Å². The van der Waals surface area contributed by atoms with Gasteiger partial charge in [-0.05, 0) is 50.3 Å². The van der Waals surface area contributed by atoms with Crippen molar-refractivity contribution in [1.82, 2.24) is 10.6 Å². The van der Waals surface area contributed by atoms with E-state index in [-0.39, 0.29) is 5.41 Å². The summed E-state index contributed by atoms with van der Waals surface area (Å²) in [6, 6.07) is 8.20. The van der Waals surface area contributed by atoms with Crippen molar-refractivity contribution in [2.24, 2.45) is 10.9 Å². The molecule has 2 heterocycles. The molecule has 168 valence electrons. The minimum absolute atomic E-state index is 0.0298. The van der Waals surface area contributed by atoms with Crippen LogP contribution in [0.1, 0.15) is 38.2 Å². The van der Waals surface area contributed by atoms with Crippen LogP contribution in [0.5, 0.6) is 0 Å². The first-order valence-electron chi connectivity index (χ1n) is 11.2. The van der Waals surface area contributed by atoms with Gasteiger partial charge in [-0.15, -0.1) is 0 Å². The lowest BCUT2D eigenvalue weighted by molar-refractivity contribution is 0.0531. The van der Waals surface area contributed by atoms with Gasteiger partial charge >= 0.3 is 0 Å². The van der Waals surface area contributed by atoms with Crippen LogP contribution in [-0.2, 0) is 19.6 Å². The smallest absolute Gasteiger partial charge is 0.191 e. The maximum Gasteiger partial charge on any atom is 0.191 e. The van der Waals surface area contributed by atoms with Crippen molar-refractivity contribution < 1.29 is 14.2 Å². The molecule has 0 aliphatic carbocycles. The molecule has 30 heavy (non-hydrogen) atoms. The molecule has 0 bridgehead atoms. The summed E-state index contributed by atoms with van der Waals surface area (Å²) >= 11 is 6.28. The Morgan fingerprint density at radius 2 is 2.10 bits per heavy atom. The lowest BCUT2D eigenvalue weighted by Crippen LogP contribution is -2.41. The molecule has 2 N–H and O–H groups in total. The largest absolute Gasteiger partial charge is 0.381 e. The van der Waals surface area contributed by atoms with Crippen molar-refractivity contribution in [2.45, 2.75) is 38.0 Å². The van der Waals surface area contributed by atoms with Gasteiger partial charge in [0.2, 0.25) is 0 Å². The number of hydrogen-bond acceptors (Lipinski definition) is 4. The number of nitrogens with one attached hydrogen (secondary N) is 2. The average Bonchev–Trinajstić information content (AvgIpc) is 3.28. The third-order valence-electron chi connectivity index (χ3n) is 5.91. The molecular weight excluding hydrogens is 402 g/mol. The van der Waals surface area contributed by atoms with Gasteiger partial charge in [-0.3, -0.25) is 4.99 Å². The van der Waals surface area contributed by atoms with Crippen molar-refractivity contribution in [1.29, 1.82) is 0 Å². The number of ether oxygens (including phenoxy) is 3. The molecule has 0 spiro atoms. The molecule has 2 saturated heterocycles. The fourth-order valence-corrected chi connectivity index (χ4v) is 4.23. The molecule has 7 heteroatoms. The van der Waals surface area contributed by atoms with Gasteiger partial charge < -0.3 is 24.8 Å². The van der Waals surface area contributed by atoms with E-state index in [2.05, 4.69) is 29.7 Å². The van der Waals surface area contributed by atoms with Crippen molar-refractivity contribution in [2.75, 3.05) is 59.3 Å². The number of benzene rings is 1. The zero-order valence-corrected chi connectivity index (χ0v) is 18.9. The lowest BCUT2D eigenvalue weighted by atomic mass is 9.74. The van der Waals surface area contributed by atoms with Gasteiger partial charge in [-0.2, -0.15) is 0 Å². The molecule has 2 aliphatic rings. The Hall–Kier alpha value is -1.34. The highest BCUT2D eigenvalue weighted by Crippen LogP contribution is 2.36. The summed E-state index contributed by atoms with van der Waals surface area (Å²) in [6.45, 7) is 9.26. The Bertz CT molecular complexity index is 659. The zero-order valence-electron chi connectivity index (χ0n) is 18.1. The molecule has 1 aromatic rings. The molecule has 2 aliphatic heterocycles. The fourth-order valence-electron chi connectivity index (χ4n) is 4.04. The lowest BCUT2D eigenvalue weighted by Gasteiger charge is -2.36. The average molecular weight is 438 g/mol. The van der Waals surface area contributed by atoms with Gasteiger partial charge in [0, 0.05) is 55.9 Å². The van der Waals surface area contributed by atoms with Crippen LogP contribution in [0.25, 0.3) is 0 Å². The normalized spacial score (nSPS) is 21.5. The zero-order chi connectivity index (χ0) is 21.1. The standard InChI is InChI=1S/C23H36ClN3O3/c1-2-25-22(26-10-4-11-29-16-19-7-12-30-17-19)27-18-23(8-13-28-14-9-23)20-5-3-6-21(24)15-20/h3,5-6,15,19H,2,4,7-14,16-18H2,1H3,(H2,25,26,27). The molecule has 3 rings (SSSR count). The van der Waals surface area contributed by atoms with E-state index < -0.39 is 0 Å². The van der Waals surface area contributed by atoms with E-state index in [1.54, 1.807) is 0 Å². The van der Waals surface area contributed by atoms with E-state index in [1.807, 2.05) is 12.1 Å². The Morgan fingerprint density at radius 1 is 1.23 bits per heavy atom. The minimum atomic E-state index is -0.0298. The van der Waals surface area contributed by atoms with Gasteiger partial charge in [0.05, 0.1) is 19.8 Å². The van der Waals surface area contributed by atoms with Crippen LogP contribution >= 0.6 is 11.6 Å². The Labute approximate surface area is 185 Å². The first-order chi connectivity index (χ1) is 14.7. The summed E-state index contributed by atoms with van der Waals surface area (Å²) in [5.41, 5.74) is 1.22. The summed E-state index contributed by atoms with van der Waals surface area (Å²) in [7, 11) is 0. The second-order valence-corrected chi connectivity index (χ2v) is 8.62. The minimum Gasteiger partial charge on any atom is -0.381 e. The van der Waals surface area contributed by atoms with E-state index >= 15 is 0 Å². The van der Waals surface area contributed by atoms with Gasteiger partial charge in [0.1, 0.15) is 0 Å². The van der Waals surface area contributed by atoms with Crippen LogP contribution in [-0.4, -0.2) is 65.2 Å². The number of hydrogen-bond donors (Lipinski definition) is 2. The predicted octanol–water partition coefficient (Wildman–Crippen LogP) is 3.39. The summed E-state index contributed by atoms with van der Waals surface area (Å²) in [5.74, 6) is 1.42. The van der Waals surface area contributed by atoms with E-state index in [0.29, 0.717) is 12.5 Å². The quantitative estimate of drug-likeness (QED) is 0.333. The molecule has 1 unspecified atom stereocenters. The summed E-state index contributed by atoms with van der Waals surface area (Å²) in [5, 5.41) is 7.58. The molecule has 0 radical (unpaired) electrons. The molecule has 6 nitrogen and oxygen atoms in total. The van der Waals surface area contributed by atoms with Crippen molar-refractivity contribution in [3.63, 3.8) is 0 Å². The fraction of sp³-hybridized carbons (Fsp3) is 0.696. The van der Waals surface area contributed by atoms with E-state index in [1.165, 1.54) is 5.56 Å². The number of aliphatic imine (C=N–C) groups is 1. The first-order valence-corrected chi connectivity index (χ1v) is 11.6. The Balaban J connectivity index is 1.51. The highest BCUT2D eigenvalue weighted by atomic mass is 35.5. The van der Waals surface area contributed by atoms with Crippen LogP contribution in [0, 0.1) is 5.92 Å². The van der Waals surface area contributed by atoms with E-state index in [0.717, 1.165) is 89.4 Å². The number of halogens is 1. The molecule has 2 fully saturated rings. The van der Waals surface area contributed by atoms with E-state index in [9.17, 15) is 0 Å². The third-order valence-corrected chi connectivity index (χ3v) is 6.14. The van der Waals surface area contributed by atoms with Crippen LogP contribution in [0.15, 0.2) is 29.3 Å². The summed E-state index contributed by atoms with van der Waals surface area (Å²) in [4.78, 5) is 4.93. The monoisotopic (exact) mass is 437 g/mol.